The van der Waals surface area contributed by atoms with Crippen LogP contribution in [-0.2, 0) is 10.0 Å². The number of aromatic nitrogens is 2. The second-order valence-electron chi connectivity index (χ2n) is 4.33. The molecular formula is C14H10ClN3O2S. The van der Waals surface area contributed by atoms with Crippen molar-refractivity contribution in [3.05, 3.63) is 60.0 Å². The normalized spacial score (nSPS) is 11.5. The van der Waals surface area contributed by atoms with Gasteiger partial charge in [-0.15, -0.1) is 0 Å². The van der Waals surface area contributed by atoms with Gasteiger partial charge in [0.05, 0.1) is 4.90 Å². The number of fused-ring (bicyclic) bond motifs is 1. The molecule has 5 nitrogen and oxygen atoms in total. The first-order valence-electron chi connectivity index (χ1n) is 6.05. The molecule has 21 heavy (non-hydrogen) atoms. The van der Waals surface area contributed by atoms with E-state index in [0.717, 1.165) is 10.8 Å². The molecular weight excluding hydrogens is 310 g/mol. The molecule has 0 amide bonds. The molecule has 1 heterocycles. The van der Waals surface area contributed by atoms with Gasteiger partial charge in [0.25, 0.3) is 10.0 Å². The number of benzene rings is 2. The molecule has 0 saturated heterocycles. The van der Waals surface area contributed by atoms with Gasteiger partial charge in [0, 0.05) is 6.20 Å². The molecule has 3 rings (SSSR count). The maximum absolute atomic E-state index is 12.3. The SMILES string of the molecule is O=S(=O)(Nc1ccnc(Cl)n1)c1ccc2ccccc2c1. The van der Waals surface area contributed by atoms with E-state index in [1.54, 1.807) is 18.2 Å². The summed E-state index contributed by atoms with van der Waals surface area (Å²) in [7, 11) is -3.72. The standard InChI is InChI=1S/C14H10ClN3O2S/c15-14-16-8-7-13(17-14)18-21(19,20)12-6-5-10-3-1-2-4-11(10)9-12/h1-9H,(H,16,17,18). The Kier molecular flexibility index (Phi) is 3.48. The summed E-state index contributed by atoms with van der Waals surface area (Å²) in [5, 5.41) is 1.80. The van der Waals surface area contributed by atoms with Gasteiger partial charge in [-0.05, 0) is 40.6 Å². The smallest absolute Gasteiger partial charge is 0.263 e. The molecule has 0 spiro atoms. The van der Waals surface area contributed by atoms with Crippen LogP contribution in [0.15, 0.2) is 59.6 Å². The third-order valence-electron chi connectivity index (χ3n) is 2.90. The van der Waals surface area contributed by atoms with Crippen LogP contribution in [0.1, 0.15) is 0 Å². The van der Waals surface area contributed by atoms with E-state index < -0.39 is 10.0 Å². The summed E-state index contributed by atoms with van der Waals surface area (Å²) >= 11 is 5.64. The van der Waals surface area contributed by atoms with Crippen molar-refractivity contribution in [2.75, 3.05) is 4.72 Å². The van der Waals surface area contributed by atoms with Gasteiger partial charge in [0.2, 0.25) is 5.28 Å². The Morgan fingerprint density at radius 3 is 2.52 bits per heavy atom. The fourth-order valence-corrected chi connectivity index (χ4v) is 3.11. The summed E-state index contributed by atoms with van der Waals surface area (Å²) in [5.74, 6) is 0.128. The molecule has 0 unspecified atom stereocenters. The lowest BCUT2D eigenvalue weighted by Gasteiger charge is -2.08. The van der Waals surface area contributed by atoms with Crippen LogP contribution < -0.4 is 4.72 Å². The summed E-state index contributed by atoms with van der Waals surface area (Å²) in [6.45, 7) is 0. The first-order chi connectivity index (χ1) is 10.0. The van der Waals surface area contributed by atoms with Crippen LogP contribution in [0, 0.1) is 0 Å². The molecule has 2 aromatic carbocycles. The van der Waals surface area contributed by atoms with Crippen LogP contribution >= 0.6 is 11.6 Å². The van der Waals surface area contributed by atoms with Gasteiger partial charge >= 0.3 is 0 Å². The maximum atomic E-state index is 12.3. The van der Waals surface area contributed by atoms with E-state index in [0.29, 0.717) is 0 Å². The highest BCUT2D eigenvalue weighted by Gasteiger charge is 2.15. The summed E-state index contributed by atoms with van der Waals surface area (Å²) in [6.07, 6.45) is 1.38. The third-order valence-corrected chi connectivity index (χ3v) is 4.43. The van der Waals surface area contributed by atoms with Crippen LogP contribution in [-0.4, -0.2) is 18.4 Å². The first kappa shape index (κ1) is 13.8. The summed E-state index contributed by atoms with van der Waals surface area (Å²) < 4.78 is 27.1. The second-order valence-corrected chi connectivity index (χ2v) is 6.35. The Balaban J connectivity index is 2.00. The van der Waals surface area contributed by atoms with Crippen molar-refractivity contribution in [1.29, 1.82) is 0 Å². The molecule has 7 heteroatoms. The second kappa shape index (κ2) is 5.31. The highest BCUT2D eigenvalue weighted by atomic mass is 35.5. The molecule has 0 aliphatic rings. The fourth-order valence-electron chi connectivity index (χ4n) is 1.92. The minimum atomic E-state index is -3.72. The molecule has 0 fully saturated rings. The molecule has 106 valence electrons. The quantitative estimate of drug-likeness (QED) is 0.753. The molecule has 0 aliphatic carbocycles. The van der Waals surface area contributed by atoms with Gasteiger partial charge in [-0.1, -0.05) is 30.3 Å². The van der Waals surface area contributed by atoms with Crippen molar-refractivity contribution in [2.45, 2.75) is 4.90 Å². The highest BCUT2D eigenvalue weighted by molar-refractivity contribution is 7.92. The topological polar surface area (TPSA) is 72.0 Å². The average molecular weight is 320 g/mol. The van der Waals surface area contributed by atoms with Crippen LogP contribution in [0.2, 0.25) is 5.28 Å². The number of hydrogen-bond donors (Lipinski definition) is 1. The zero-order chi connectivity index (χ0) is 14.9. The van der Waals surface area contributed by atoms with Gasteiger partial charge < -0.3 is 0 Å². The fraction of sp³-hybridized carbons (Fsp3) is 0. The van der Waals surface area contributed by atoms with E-state index >= 15 is 0 Å². The lowest BCUT2D eigenvalue weighted by atomic mass is 10.1. The molecule has 0 bridgehead atoms. The van der Waals surface area contributed by atoms with E-state index in [1.165, 1.54) is 12.3 Å². The lowest BCUT2D eigenvalue weighted by Crippen LogP contribution is -2.14. The van der Waals surface area contributed by atoms with Crippen LogP contribution in [0.5, 0.6) is 0 Å². The summed E-state index contributed by atoms with van der Waals surface area (Å²) in [5.41, 5.74) is 0. The largest absolute Gasteiger partial charge is 0.263 e. The maximum Gasteiger partial charge on any atom is 0.263 e. The van der Waals surface area contributed by atoms with Gasteiger partial charge in [-0.2, -0.15) is 4.98 Å². The number of anilines is 1. The molecule has 0 saturated carbocycles. The van der Waals surface area contributed by atoms with E-state index in [9.17, 15) is 8.42 Å². The minimum Gasteiger partial charge on any atom is -0.263 e. The predicted molar refractivity (Wildman–Crippen MR) is 81.8 cm³/mol. The van der Waals surface area contributed by atoms with Crippen molar-refractivity contribution in [3.63, 3.8) is 0 Å². The van der Waals surface area contributed by atoms with E-state index in [2.05, 4.69) is 14.7 Å². The molecule has 0 atom stereocenters. The van der Waals surface area contributed by atoms with Gasteiger partial charge in [-0.3, -0.25) is 4.72 Å². The molecule has 1 N–H and O–H groups in total. The van der Waals surface area contributed by atoms with Crippen LogP contribution in [0.4, 0.5) is 5.82 Å². The van der Waals surface area contributed by atoms with Crippen molar-refractivity contribution in [3.8, 4) is 0 Å². The zero-order valence-electron chi connectivity index (χ0n) is 10.7. The average Bonchev–Trinajstić information content (AvgIpc) is 2.46. The first-order valence-corrected chi connectivity index (χ1v) is 7.91. The third kappa shape index (κ3) is 2.96. The highest BCUT2D eigenvalue weighted by Crippen LogP contribution is 2.20. The Hall–Kier alpha value is -2.18. The van der Waals surface area contributed by atoms with E-state index in [-0.39, 0.29) is 16.0 Å². The number of halogens is 1. The summed E-state index contributed by atoms with van der Waals surface area (Å²) in [6, 6.07) is 13.9. The van der Waals surface area contributed by atoms with E-state index in [4.69, 9.17) is 11.6 Å². The monoisotopic (exact) mass is 319 g/mol. The van der Waals surface area contributed by atoms with Crippen molar-refractivity contribution < 1.29 is 8.42 Å². The molecule has 1 aromatic heterocycles. The predicted octanol–water partition coefficient (Wildman–Crippen LogP) is 3.08. The van der Waals surface area contributed by atoms with Gasteiger partial charge in [0.1, 0.15) is 5.82 Å². The Morgan fingerprint density at radius 2 is 1.76 bits per heavy atom. The minimum absolute atomic E-state index is 0.0197. The number of hydrogen-bond acceptors (Lipinski definition) is 4. The number of nitrogens with zero attached hydrogens (tertiary/aromatic N) is 2. The Bertz CT molecular complexity index is 913. The Morgan fingerprint density at radius 1 is 1.00 bits per heavy atom. The number of sulfonamides is 1. The van der Waals surface area contributed by atoms with Crippen LogP contribution in [0.3, 0.4) is 0 Å². The lowest BCUT2D eigenvalue weighted by molar-refractivity contribution is 0.601. The Labute approximate surface area is 126 Å². The van der Waals surface area contributed by atoms with Gasteiger partial charge in [-0.25, -0.2) is 13.4 Å². The number of nitrogens with one attached hydrogen (secondary N) is 1. The molecule has 0 radical (unpaired) electrons. The van der Waals surface area contributed by atoms with Crippen LogP contribution in [0.25, 0.3) is 10.8 Å². The molecule has 3 aromatic rings. The summed E-state index contributed by atoms with van der Waals surface area (Å²) in [4.78, 5) is 7.68. The zero-order valence-corrected chi connectivity index (χ0v) is 12.3. The molecule has 0 aliphatic heterocycles. The van der Waals surface area contributed by atoms with E-state index in [1.807, 2.05) is 24.3 Å². The van der Waals surface area contributed by atoms with Gasteiger partial charge in [0.15, 0.2) is 0 Å². The van der Waals surface area contributed by atoms with Crippen molar-refractivity contribution in [2.24, 2.45) is 0 Å². The van der Waals surface area contributed by atoms with Crippen molar-refractivity contribution >= 4 is 38.2 Å². The van der Waals surface area contributed by atoms with Crippen molar-refractivity contribution in [1.82, 2.24) is 9.97 Å². The number of rotatable bonds is 3.